The van der Waals surface area contributed by atoms with Gasteiger partial charge in [0.15, 0.2) is 0 Å². The highest BCUT2D eigenvalue weighted by Crippen LogP contribution is 2.26. The van der Waals surface area contributed by atoms with Crippen LogP contribution in [0.1, 0.15) is 27.2 Å². The third kappa shape index (κ3) is 4.65. The summed E-state index contributed by atoms with van der Waals surface area (Å²) in [5.74, 6) is 0.847. The van der Waals surface area contributed by atoms with Crippen molar-refractivity contribution in [1.29, 1.82) is 0 Å². The van der Waals surface area contributed by atoms with Crippen molar-refractivity contribution in [3.05, 3.63) is 22.2 Å². The van der Waals surface area contributed by atoms with Gasteiger partial charge in [-0.25, -0.2) is 4.98 Å². The average Bonchev–Trinajstić information content (AvgIpc) is 2.36. The number of pyridine rings is 1. The molecule has 0 bridgehead atoms. The van der Waals surface area contributed by atoms with Crippen molar-refractivity contribution in [3.8, 4) is 0 Å². The molecule has 0 saturated carbocycles. The molecular weight excluding hydrogens is 260 g/mol. The molecule has 0 unspecified atom stereocenters. The molecule has 0 saturated heterocycles. The molecule has 0 aliphatic carbocycles. The molecule has 20 heavy (non-hydrogen) atoms. The second-order valence-corrected chi connectivity index (χ2v) is 5.34. The molecule has 0 aromatic carbocycles. The Morgan fingerprint density at radius 2 is 2.10 bits per heavy atom. The zero-order valence-electron chi connectivity index (χ0n) is 12.1. The van der Waals surface area contributed by atoms with E-state index >= 15 is 0 Å². The van der Waals surface area contributed by atoms with E-state index in [1.54, 1.807) is 6.07 Å². The summed E-state index contributed by atoms with van der Waals surface area (Å²) < 4.78 is 0. The van der Waals surface area contributed by atoms with Gasteiger partial charge in [-0.2, -0.15) is 0 Å². The van der Waals surface area contributed by atoms with Crippen LogP contribution in [0.25, 0.3) is 0 Å². The molecule has 3 N–H and O–H groups in total. The van der Waals surface area contributed by atoms with Gasteiger partial charge in [0.1, 0.15) is 5.82 Å². The number of anilines is 2. The molecule has 0 aliphatic heterocycles. The van der Waals surface area contributed by atoms with Crippen molar-refractivity contribution in [1.82, 2.24) is 4.98 Å². The van der Waals surface area contributed by atoms with Crippen LogP contribution in [0.3, 0.4) is 0 Å². The van der Waals surface area contributed by atoms with Crippen LogP contribution in [0.5, 0.6) is 0 Å². The van der Waals surface area contributed by atoms with Gasteiger partial charge in [-0.05, 0) is 24.8 Å². The smallest absolute Gasteiger partial charge is 0.311 e. The van der Waals surface area contributed by atoms with E-state index in [2.05, 4.69) is 15.6 Å². The predicted octanol–water partition coefficient (Wildman–Crippen LogP) is 2.24. The maximum absolute atomic E-state index is 11.0. The van der Waals surface area contributed by atoms with Gasteiger partial charge in [0.25, 0.3) is 0 Å². The van der Waals surface area contributed by atoms with Gasteiger partial charge >= 0.3 is 5.69 Å². The lowest BCUT2D eigenvalue weighted by molar-refractivity contribution is -0.384. The van der Waals surface area contributed by atoms with E-state index in [0.717, 1.165) is 0 Å². The minimum Gasteiger partial charge on any atom is -0.396 e. The lowest BCUT2D eigenvalue weighted by Gasteiger charge is -2.24. The number of hydrogen-bond acceptors (Lipinski definition) is 6. The topological polar surface area (TPSA) is 100 Å². The van der Waals surface area contributed by atoms with E-state index < -0.39 is 4.92 Å². The van der Waals surface area contributed by atoms with Gasteiger partial charge in [0.2, 0.25) is 5.82 Å². The van der Waals surface area contributed by atoms with E-state index in [9.17, 15) is 10.1 Å². The molecule has 0 spiro atoms. The van der Waals surface area contributed by atoms with Crippen molar-refractivity contribution in [3.63, 3.8) is 0 Å². The lowest BCUT2D eigenvalue weighted by Crippen LogP contribution is -2.25. The molecule has 0 amide bonds. The van der Waals surface area contributed by atoms with Gasteiger partial charge in [0, 0.05) is 25.8 Å². The van der Waals surface area contributed by atoms with E-state index in [4.69, 9.17) is 5.11 Å². The van der Waals surface area contributed by atoms with Crippen molar-refractivity contribution in [2.45, 2.75) is 27.2 Å². The van der Waals surface area contributed by atoms with Crippen molar-refractivity contribution in [2.75, 3.05) is 30.3 Å². The normalized spacial score (nSPS) is 11.2. The molecule has 112 valence electrons. The summed E-state index contributed by atoms with van der Waals surface area (Å²) in [6.45, 7) is 7.17. The van der Waals surface area contributed by atoms with Crippen molar-refractivity contribution in [2.24, 2.45) is 5.41 Å². The fourth-order valence-electron chi connectivity index (χ4n) is 1.72. The number of nitro groups is 1. The van der Waals surface area contributed by atoms with Gasteiger partial charge in [-0.1, -0.05) is 13.8 Å². The molecule has 1 aromatic rings. The Morgan fingerprint density at radius 3 is 2.65 bits per heavy atom. The average molecular weight is 282 g/mol. The highest BCUT2D eigenvalue weighted by molar-refractivity contribution is 5.60. The monoisotopic (exact) mass is 282 g/mol. The molecule has 0 atom stereocenters. The second kappa shape index (κ2) is 7.04. The minimum atomic E-state index is -0.454. The first-order chi connectivity index (χ1) is 9.39. The molecule has 1 heterocycles. The molecule has 1 aromatic heterocycles. The highest BCUT2D eigenvalue weighted by Gasteiger charge is 2.21. The second-order valence-electron chi connectivity index (χ2n) is 5.34. The maximum atomic E-state index is 11.0. The molecule has 7 nitrogen and oxygen atoms in total. The Kier molecular flexibility index (Phi) is 5.69. The Balaban J connectivity index is 2.90. The Labute approximate surface area is 118 Å². The van der Waals surface area contributed by atoms with Crippen molar-refractivity contribution < 1.29 is 10.0 Å². The van der Waals surface area contributed by atoms with E-state index in [-0.39, 0.29) is 23.5 Å². The number of aliphatic hydroxyl groups is 1. The first-order valence-electron chi connectivity index (χ1n) is 6.63. The van der Waals surface area contributed by atoms with Crippen LogP contribution in [0.4, 0.5) is 17.3 Å². The maximum Gasteiger partial charge on any atom is 0.311 e. The van der Waals surface area contributed by atoms with Gasteiger partial charge in [-0.3, -0.25) is 10.1 Å². The SMILES string of the molecule is CCNc1ccc([N+](=O)[O-])c(NCC(C)(C)CCO)n1. The van der Waals surface area contributed by atoms with Crippen LogP contribution >= 0.6 is 0 Å². The summed E-state index contributed by atoms with van der Waals surface area (Å²) in [7, 11) is 0. The number of nitrogens with zero attached hydrogens (tertiary/aromatic N) is 2. The summed E-state index contributed by atoms with van der Waals surface area (Å²) in [5, 5.41) is 26.0. The number of aliphatic hydroxyl groups excluding tert-OH is 1. The lowest BCUT2D eigenvalue weighted by atomic mass is 9.90. The third-order valence-electron chi connectivity index (χ3n) is 2.95. The van der Waals surface area contributed by atoms with Gasteiger partial charge < -0.3 is 15.7 Å². The molecular formula is C13H22N4O3. The fourth-order valence-corrected chi connectivity index (χ4v) is 1.72. The Hall–Kier alpha value is -1.89. The van der Waals surface area contributed by atoms with Crippen LogP contribution in [0.2, 0.25) is 0 Å². The Bertz CT molecular complexity index is 463. The largest absolute Gasteiger partial charge is 0.396 e. The highest BCUT2D eigenvalue weighted by atomic mass is 16.6. The van der Waals surface area contributed by atoms with Crippen LogP contribution in [-0.4, -0.2) is 34.7 Å². The first kappa shape index (κ1) is 16.2. The predicted molar refractivity (Wildman–Crippen MR) is 79.0 cm³/mol. The third-order valence-corrected chi connectivity index (χ3v) is 2.95. The van der Waals surface area contributed by atoms with E-state index in [1.165, 1.54) is 6.07 Å². The van der Waals surface area contributed by atoms with Crippen LogP contribution in [0, 0.1) is 15.5 Å². The van der Waals surface area contributed by atoms with Crippen LogP contribution in [-0.2, 0) is 0 Å². The van der Waals surface area contributed by atoms with E-state index in [1.807, 2.05) is 20.8 Å². The van der Waals surface area contributed by atoms with Gasteiger partial charge in [-0.15, -0.1) is 0 Å². The molecule has 0 radical (unpaired) electrons. The molecule has 1 rings (SSSR count). The summed E-state index contributed by atoms with van der Waals surface area (Å²) >= 11 is 0. The Morgan fingerprint density at radius 1 is 1.40 bits per heavy atom. The first-order valence-corrected chi connectivity index (χ1v) is 6.63. The number of rotatable bonds is 8. The zero-order chi connectivity index (χ0) is 15.2. The summed E-state index contributed by atoms with van der Waals surface area (Å²) in [6.07, 6.45) is 0.612. The zero-order valence-corrected chi connectivity index (χ0v) is 12.1. The molecule has 7 heteroatoms. The standard InChI is InChI=1S/C13H22N4O3/c1-4-14-11-6-5-10(17(19)20)12(16-11)15-9-13(2,3)7-8-18/h5-6,18H,4,7-9H2,1-3H3,(H2,14,15,16). The van der Waals surface area contributed by atoms with Crippen molar-refractivity contribution >= 4 is 17.3 Å². The quantitative estimate of drug-likeness (QED) is 0.499. The minimum absolute atomic E-state index is 0.0496. The van der Waals surface area contributed by atoms with Gasteiger partial charge in [0.05, 0.1) is 4.92 Å². The molecule has 0 aliphatic rings. The van der Waals surface area contributed by atoms with E-state index in [0.29, 0.717) is 25.3 Å². The number of hydrogen-bond donors (Lipinski definition) is 3. The number of aromatic nitrogens is 1. The molecule has 0 fully saturated rings. The summed E-state index contributed by atoms with van der Waals surface area (Å²) in [4.78, 5) is 14.8. The number of nitrogens with one attached hydrogen (secondary N) is 2. The van der Waals surface area contributed by atoms with Crippen LogP contribution in [0.15, 0.2) is 12.1 Å². The fraction of sp³-hybridized carbons (Fsp3) is 0.615. The van der Waals surface area contributed by atoms with Crippen LogP contribution < -0.4 is 10.6 Å². The summed E-state index contributed by atoms with van der Waals surface area (Å²) in [5.41, 5.74) is -0.218. The summed E-state index contributed by atoms with van der Waals surface area (Å²) in [6, 6.07) is 3.03.